The van der Waals surface area contributed by atoms with Gasteiger partial charge in [-0.25, -0.2) is 4.79 Å². The van der Waals surface area contributed by atoms with Crippen molar-refractivity contribution < 1.29 is 19.7 Å². The Bertz CT molecular complexity index is 424. The summed E-state index contributed by atoms with van der Waals surface area (Å²) in [4.78, 5) is 10.4. The summed E-state index contributed by atoms with van der Waals surface area (Å²) in [6, 6.07) is 4.76. The molecule has 18 heavy (non-hydrogen) atoms. The lowest BCUT2D eigenvalue weighted by Crippen LogP contribution is -1.97. The molecular weight excluding hydrogens is 232 g/mol. The van der Waals surface area contributed by atoms with E-state index in [9.17, 15) is 9.90 Å². The molecule has 0 spiro atoms. The van der Waals surface area contributed by atoms with E-state index in [1.807, 2.05) is 0 Å². The van der Waals surface area contributed by atoms with Gasteiger partial charge in [0.05, 0.1) is 6.61 Å². The Kier molecular flexibility index (Phi) is 5.77. The molecule has 0 aliphatic rings. The number of carbonyl (C=O) groups is 1. The number of phenols is 1. The predicted octanol–water partition coefficient (Wildman–Crippen LogP) is 3.06. The van der Waals surface area contributed by atoms with E-state index in [1.165, 1.54) is 12.1 Å². The van der Waals surface area contributed by atoms with Gasteiger partial charge in [0.1, 0.15) is 0 Å². The highest BCUT2D eigenvalue weighted by Crippen LogP contribution is 2.27. The maximum atomic E-state index is 10.4. The molecule has 98 valence electrons. The summed E-state index contributed by atoms with van der Waals surface area (Å²) in [7, 11) is 0. The SMILES string of the molecule is CCCCCOc1cc(C=CC(=O)O)ccc1O. The molecule has 2 N–H and O–H groups in total. The van der Waals surface area contributed by atoms with Gasteiger partial charge >= 0.3 is 5.97 Å². The highest BCUT2D eigenvalue weighted by molar-refractivity contribution is 5.85. The Morgan fingerprint density at radius 2 is 2.17 bits per heavy atom. The minimum atomic E-state index is -1.01. The lowest BCUT2D eigenvalue weighted by molar-refractivity contribution is -0.131. The number of carboxylic acid groups (broad SMARTS) is 1. The van der Waals surface area contributed by atoms with Gasteiger partial charge < -0.3 is 14.9 Å². The first-order valence-electron chi connectivity index (χ1n) is 6.00. The zero-order valence-electron chi connectivity index (χ0n) is 10.4. The monoisotopic (exact) mass is 250 g/mol. The number of hydrogen-bond acceptors (Lipinski definition) is 3. The van der Waals surface area contributed by atoms with Crippen molar-refractivity contribution in [3.63, 3.8) is 0 Å². The smallest absolute Gasteiger partial charge is 0.328 e. The second kappa shape index (κ2) is 7.37. The maximum Gasteiger partial charge on any atom is 0.328 e. The Morgan fingerprint density at radius 1 is 1.39 bits per heavy atom. The summed E-state index contributed by atoms with van der Waals surface area (Å²) in [6.45, 7) is 2.66. The summed E-state index contributed by atoms with van der Waals surface area (Å²) in [6.07, 6.45) is 5.63. The molecule has 4 nitrogen and oxygen atoms in total. The molecule has 0 unspecified atom stereocenters. The number of unbranched alkanes of at least 4 members (excludes halogenated alkanes) is 2. The van der Waals surface area contributed by atoms with Gasteiger partial charge in [-0.15, -0.1) is 0 Å². The minimum Gasteiger partial charge on any atom is -0.504 e. The summed E-state index contributed by atoms with van der Waals surface area (Å²) in [5.41, 5.74) is 0.681. The molecular formula is C14H18O4. The van der Waals surface area contributed by atoms with Gasteiger partial charge in [-0.05, 0) is 30.2 Å². The first-order valence-corrected chi connectivity index (χ1v) is 6.00. The van der Waals surface area contributed by atoms with Crippen molar-refractivity contribution in [1.29, 1.82) is 0 Å². The fraction of sp³-hybridized carbons (Fsp3) is 0.357. The average molecular weight is 250 g/mol. The molecule has 0 fully saturated rings. The molecule has 0 saturated heterocycles. The standard InChI is InChI=1S/C14H18O4/c1-2-3-4-9-18-13-10-11(5-7-12(13)15)6-8-14(16)17/h5-8,10,15H,2-4,9H2,1H3,(H,16,17). The van der Waals surface area contributed by atoms with Crippen LogP contribution in [-0.2, 0) is 4.79 Å². The van der Waals surface area contributed by atoms with Crippen molar-refractivity contribution in [2.45, 2.75) is 26.2 Å². The lowest BCUT2D eigenvalue weighted by atomic mass is 10.2. The third-order valence-corrected chi connectivity index (χ3v) is 2.41. The number of carboxylic acids is 1. The van der Waals surface area contributed by atoms with Gasteiger partial charge in [-0.1, -0.05) is 25.8 Å². The van der Waals surface area contributed by atoms with Crippen LogP contribution in [0.15, 0.2) is 24.3 Å². The zero-order chi connectivity index (χ0) is 13.4. The predicted molar refractivity (Wildman–Crippen MR) is 69.8 cm³/mol. The Labute approximate surface area is 107 Å². The van der Waals surface area contributed by atoms with Crippen LogP contribution >= 0.6 is 0 Å². The van der Waals surface area contributed by atoms with E-state index in [4.69, 9.17) is 9.84 Å². The Balaban J connectivity index is 2.66. The van der Waals surface area contributed by atoms with Crippen LogP contribution < -0.4 is 4.74 Å². The quantitative estimate of drug-likeness (QED) is 0.576. The van der Waals surface area contributed by atoms with Crippen LogP contribution in [0.4, 0.5) is 0 Å². The van der Waals surface area contributed by atoms with Crippen molar-refractivity contribution >= 4 is 12.0 Å². The molecule has 0 amide bonds. The molecule has 1 aromatic rings. The van der Waals surface area contributed by atoms with Crippen molar-refractivity contribution in [3.8, 4) is 11.5 Å². The van der Waals surface area contributed by atoms with Gasteiger partial charge in [0.2, 0.25) is 0 Å². The molecule has 0 radical (unpaired) electrons. The number of ether oxygens (including phenoxy) is 1. The molecule has 1 rings (SSSR count). The van der Waals surface area contributed by atoms with Crippen LogP contribution in [-0.4, -0.2) is 22.8 Å². The molecule has 0 aliphatic heterocycles. The first kappa shape index (κ1) is 14.1. The molecule has 1 aromatic carbocycles. The second-order valence-electron chi connectivity index (χ2n) is 3.95. The van der Waals surface area contributed by atoms with Crippen molar-refractivity contribution in [2.75, 3.05) is 6.61 Å². The number of rotatable bonds is 7. The number of aliphatic carboxylic acids is 1. The van der Waals surface area contributed by atoms with Crippen LogP contribution in [0.3, 0.4) is 0 Å². The van der Waals surface area contributed by atoms with Gasteiger partial charge in [0.25, 0.3) is 0 Å². The molecule has 0 bridgehead atoms. The maximum absolute atomic E-state index is 10.4. The molecule has 0 aliphatic carbocycles. The molecule has 0 aromatic heterocycles. The van der Waals surface area contributed by atoms with E-state index in [1.54, 1.807) is 12.1 Å². The van der Waals surface area contributed by atoms with Crippen LogP contribution in [0.5, 0.6) is 11.5 Å². The van der Waals surface area contributed by atoms with E-state index >= 15 is 0 Å². The largest absolute Gasteiger partial charge is 0.504 e. The van der Waals surface area contributed by atoms with Crippen molar-refractivity contribution in [1.82, 2.24) is 0 Å². The van der Waals surface area contributed by atoms with E-state index in [0.29, 0.717) is 17.9 Å². The number of benzene rings is 1. The van der Waals surface area contributed by atoms with Crippen molar-refractivity contribution in [3.05, 3.63) is 29.8 Å². The average Bonchev–Trinajstić information content (AvgIpc) is 2.35. The Morgan fingerprint density at radius 3 is 2.83 bits per heavy atom. The van der Waals surface area contributed by atoms with E-state index in [-0.39, 0.29) is 5.75 Å². The summed E-state index contributed by atoms with van der Waals surface area (Å²) in [5, 5.41) is 18.1. The molecule has 0 saturated carbocycles. The summed E-state index contributed by atoms with van der Waals surface area (Å²) < 4.78 is 5.46. The van der Waals surface area contributed by atoms with Crippen LogP contribution in [0.25, 0.3) is 6.08 Å². The highest BCUT2D eigenvalue weighted by Gasteiger charge is 2.03. The van der Waals surface area contributed by atoms with Gasteiger partial charge in [0, 0.05) is 6.08 Å². The highest BCUT2D eigenvalue weighted by atomic mass is 16.5. The third kappa shape index (κ3) is 4.91. The molecule has 0 atom stereocenters. The van der Waals surface area contributed by atoms with Gasteiger partial charge in [-0.3, -0.25) is 0 Å². The topological polar surface area (TPSA) is 66.8 Å². The van der Waals surface area contributed by atoms with E-state index in [2.05, 4.69) is 6.92 Å². The first-order chi connectivity index (χ1) is 8.63. The molecule has 4 heteroatoms. The van der Waals surface area contributed by atoms with Gasteiger partial charge in [0.15, 0.2) is 11.5 Å². The van der Waals surface area contributed by atoms with Gasteiger partial charge in [-0.2, -0.15) is 0 Å². The lowest BCUT2D eigenvalue weighted by Gasteiger charge is -2.08. The molecule has 0 heterocycles. The van der Waals surface area contributed by atoms with E-state index < -0.39 is 5.97 Å². The number of phenolic OH excluding ortho intramolecular Hbond substituents is 1. The van der Waals surface area contributed by atoms with Crippen LogP contribution in [0.1, 0.15) is 31.7 Å². The van der Waals surface area contributed by atoms with Crippen molar-refractivity contribution in [2.24, 2.45) is 0 Å². The van der Waals surface area contributed by atoms with Crippen LogP contribution in [0, 0.1) is 0 Å². The summed E-state index contributed by atoms with van der Waals surface area (Å²) in [5.74, 6) is -0.550. The fourth-order valence-electron chi connectivity index (χ4n) is 1.45. The van der Waals surface area contributed by atoms with E-state index in [0.717, 1.165) is 25.3 Å². The zero-order valence-corrected chi connectivity index (χ0v) is 10.4. The number of hydrogen-bond donors (Lipinski definition) is 2. The van der Waals surface area contributed by atoms with Crippen LogP contribution in [0.2, 0.25) is 0 Å². The second-order valence-corrected chi connectivity index (χ2v) is 3.95. The Hall–Kier alpha value is -1.97. The normalized spacial score (nSPS) is 10.7. The fourth-order valence-corrected chi connectivity index (χ4v) is 1.45. The number of aromatic hydroxyl groups is 1. The third-order valence-electron chi connectivity index (χ3n) is 2.41. The summed E-state index contributed by atoms with van der Waals surface area (Å²) >= 11 is 0. The minimum absolute atomic E-state index is 0.0685.